The average Bonchev–Trinajstić information content (AvgIpc) is 3.23. The Morgan fingerprint density at radius 1 is 0.969 bits per heavy atom. The average molecular weight is 456 g/mol. The molecule has 32 heavy (non-hydrogen) atoms. The molecule has 0 amide bonds. The number of nitrogens with zero attached hydrogens (tertiary/aromatic N) is 3. The molecule has 0 unspecified atom stereocenters. The van der Waals surface area contributed by atoms with Crippen molar-refractivity contribution in [1.82, 2.24) is 4.68 Å². The number of benzene rings is 2. The third-order valence-corrected chi connectivity index (χ3v) is 5.55. The largest absolute Gasteiger partial charge is 0.497 e. The normalized spacial score (nSPS) is 11.9. The minimum atomic E-state index is 0.430. The van der Waals surface area contributed by atoms with Gasteiger partial charge in [0, 0.05) is 18.0 Å². The van der Waals surface area contributed by atoms with Crippen molar-refractivity contribution in [3.8, 4) is 34.3 Å². The molecule has 7 nitrogen and oxygen atoms in total. The first-order valence-electron chi connectivity index (χ1n) is 10.2. The lowest BCUT2D eigenvalue weighted by molar-refractivity contribution is 0.257. The maximum Gasteiger partial charge on any atom is 0.205 e. The van der Waals surface area contributed by atoms with Gasteiger partial charge in [-0.3, -0.25) is 4.99 Å². The highest BCUT2D eigenvalue weighted by atomic mass is 32.1. The molecule has 0 atom stereocenters. The first kappa shape index (κ1) is 23.4. The highest BCUT2D eigenvalue weighted by Crippen LogP contribution is 2.34. The zero-order valence-electron chi connectivity index (χ0n) is 19.3. The summed E-state index contributed by atoms with van der Waals surface area (Å²) in [5.74, 6) is 3.27. The highest BCUT2D eigenvalue weighted by molar-refractivity contribution is 7.07. The van der Waals surface area contributed by atoms with Gasteiger partial charge in [-0.15, -0.1) is 11.3 Å². The Kier molecular flexibility index (Phi) is 7.94. The fraction of sp³-hybridized carbons (Fsp3) is 0.333. The van der Waals surface area contributed by atoms with Crippen LogP contribution in [0.25, 0.3) is 11.3 Å². The summed E-state index contributed by atoms with van der Waals surface area (Å²) in [6.07, 6.45) is 1.77. The summed E-state index contributed by atoms with van der Waals surface area (Å²) in [6, 6.07) is 11.4. The number of hydrogen-bond acceptors (Lipinski definition) is 7. The Hall–Kier alpha value is -3.26. The monoisotopic (exact) mass is 455 g/mol. The lowest BCUT2D eigenvalue weighted by atomic mass is 10.1. The predicted octanol–water partition coefficient (Wildman–Crippen LogP) is 4.69. The number of rotatable bonds is 9. The van der Waals surface area contributed by atoms with Crippen molar-refractivity contribution in [3.63, 3.8) is 0 Å². The second-order valence-electron chi connectivity index (χ2n) is 7.36. The molecule has 1 aromatic heterocycles. The minimum Gasteiger partial charge on any atom is -0.497 e. The maximum absolute atomic E-state index is 5.84. The van der Waals surface area contributed by atoms with E-state index in [1.54, 1.807) is 39.3 Å². The molecule has 3 aromatic rings. The Balaban J connectivity index is 1.99. The van der Waals surface area contributed by atoms with E-state index >= 15 is 0 Å². The van der Waals surface area contributed by atoms with Gasteiger partial charge in [-0.2, -0.15) is 5.10 Å². The first-order valence-corrected chi connectivity index (χ1v) is 11.1. The Bertz CT molecular complexity index is 1150. The smallest absolute Gasteiger partial charge is 0.205 e. The summed E-state index contributed by atoms with van der Waals surface area (Å²) in [4.78, 5) is 5.12. The molecule has 170 valence electrons. The summed E-state index contributed by atoms with van der Waals surface area (Å²) in [7, 11) is 6.66. The lowest BCUT2D eigenvalue weighted by Gasteiger charge is -2.13. The molecule has 1 heterocycles. The van der Waals surface area contributed by atoms with Crippen LogP contribution >= 0.6 is 11.3 Å². The number of ether oxygens (including phenoxy) is 4. The number of aromatic nitrogens is 1. The molecule has 0 saturated carbocycles. The van der Waals surface area contributed by atoms with Crippen LogP contribution in [0.5, 0.6) is 23.0 Å². The molecule has 0 fully saturated rings. The van der Waals surface area contributed by atoms with E-state index in [0.29, 0.717) is 24.0 Å². The van der Waals surface area contributed by atoms with Crippen molar-refractivity contribution < 1.29 is 18.9 Å². The van der Waals surface area contributed by atoms with Crippen molar-refractivity contribution in [3.05, 3.63) is 52.1 Å². The number of thiazole rings is 1. The van der Waals surface area contributed by atoms with Crippen LogP contribution in [0.15, 0.2) is 51.9 Å². The standard InChI is InChI=1S/C24H29N3O4S/c1-16(2)14-31-22-9-7-17(11-23(22)30-6)13-26-27-20(15-32-24(27)25-3)19-12-18(28-4)8-10-21(19)29-5/h7-13,15-16H,14H2,1-6H3. The van der Waals surface area contributed by atoms with E-state index in [1.807, 2.05) is 41.8 Å². The molecule has 0 aliphatic heterocycles. The van der Waals surface area contributed by atoms with Gasteiger partial charge in [-0.1, -0.05) is 13.8 Å². The van der Waals surface area contributed by atoms with Crippen LogP contribution < -0.4 is 23.7 Å². The Labute approximate surface area is 192 Å². The van der Waals surface area contributed by atoms with Gasteiger partial charge in [-0.25, -0.2) is 4.68 Å². The molecule has 0 radical (unpaired) electrons. The Morgan fingerprint density at radius 2 is 1.72 bits per heavy atom. The van der Waals surface area contributed by atoms with Gasteiger partial charge in [0.1, 0.15) is 11.5 Å². The van der Waals surface area contributed by atoms with Crippen molar-refractivity contribution >= 4 is 17.6 Å². The number of hydrogen-bond donors (Lipinski definition) is 0. The van der Waals surface area contributed by atoms with Crippen LogP contribution in [0.3, 0.4) is 0 Å². The zero-order valence-corrected chi connectivity index (χ0v) is 20.1. The van der Waals surface area contributed by atoms with Gasteiger partial charge in [-0.05, 0) is 47.9 Å². The fourth-order valence-corrected chi connectivity index (χ4v) is 3.82. The molecule has 0 bridgehead atoms. The van der Waals surface area contributed by atoms with Gasteiger partial charge in [0.15, 0.2) is 11.5 Å². The minimum absolute atomic E-state index is 0.430. The summed E-state index contributed by atoms with van der Waals surface area (Å²) in [5.41, 5.74) is 2.60. The third kappa shape index (κ3) is 5.31. The molecular weight excluding hydrogens is 426 g/mol. The molecule has 3 rings (SSSR count). The van der Waals surface area contributed by atoms with E-state index in [-0.39, 0.29) is 0 Å². The topological polar surface area (TPSA) is 66.6 Å². The summed E-state index contributed by atoms with van der Waals surface area (Å²) in [5, 5.41) is 6.71. The van der Waals surface area contributed by atoms with Crippen LogP contribution in [0.4, 0.5) is 0 Å². The molecule has 2 aromatic carbocycles. The van der Waals surface area contributed by atoms with Crippen molar-refractivity contribution in [1.29, 1.82) is 0 Å². The highest BCUT2D eigenvalue weighted by Gasteiger charge is 2.14. The summed E-state index contributed by atoms with van der Waals surface area (Å²) < 4.78 is 24.1. The predicted molar refractivity (Wildman–Crippen MR) is 129 cm³/mol. The van der Waals surface area contributed by atoms with Gasteiger partial charge < -0.3 is 18.9 Å². The summed E-state index contributed by atoms with van der Waals surface area (Å²) >= 11 is 1.50. The number of methoxy groups -OCH3 is 3. The van der Waals surface area contributed by atoms with Crippen LogP contribution in [-0.4, -0.2) is 45.9 Å². The van der Waals surface area contributed by atoms with Crippen molar-refractivity contribution in [2.24, 2.45) is 16.0 Å². The van der Waals surface area contributed by atoms with Gasteiger partial charge >= 0.3 is 0 Å². The maximum atomic E-state index is 5.84. The van der Waals surface area contributed by atoms with Crippen LogP contribution in [0.1, 0.15) is 19.4 Å². The van der Waals surface area contributed by atoms with E-state index in [4.69, 9.17) is 24.0 Å². The van der Waals surface area contributed by atoms with Crippen LogP contribution in [0.2, 0.25) is 0 Å². The van der Waals surface area contributed by atoms with Gasteiger partial charge in [0.05, 0.1) is 39.8 Å². The van der Waals surface area contributed by atoms with E-state index in [2.05, 4.69) is 18.8 Å². The molecule has 0 spiro atoms. The molecule has 0 N–H and O–H groups in total. The van der Waals surface area contributed by atoms with E-state index in [1.165, 1.54) is 11.3 Å². The van der Waals surface area contributed by atoms with Crippen molar-refractivity contribution in [2.45, 2.75) is 13.8 Å². The SMILES string of the molecule is CN=c1scc(-c2cc(OC)ccc2OC)n1N=Cc1ccc(OCC(C)C)c(OC)c1. The summed E-state index contributed by atoms with van der Waals surface area (Å²) in [6.45, 7) is 4.84. The molecule has 8 heteroatoms. The van der Waals surface area contributed by atoms with Gasteiger partial charge in [0.2, 0.25) is 4.80 Å². The lowest BCUT2D eigenvalue weighted by Crippen LogP contribution is -2.12. The second kappa shape index (κ2) is 10.9. The van der Waals surface area contributed by atoms with Gasteiger partial charge in [0.25, 0.3) is 0 Å². The quantitative estimate of drug-likeness (QED) is 0.439. The Morgan fingerprint density at radius 3 is 2.38 bits per heavy atom. The second-order valence-corrected chi connectivity index (χ2v) is 8.20. The first-order chi connectivity index (χ1) is 15.5. The molecular formula is C24H29N3O4S. The zero-order chi connectivity index (χ0) is 23.1. The van der Waals surface area contributed by atoms with Crippen LogP contribution in [0, 0.1) is 5.92 Å². The third-order valence-electron chi connectivity index (χ3n) is 4.64. The van der Waals surface area contributed by atoms with Crippen LogP contribution in [-0.2, 0) is 0 Å². The van der Waals surface area contributed by atoms with E-state index in [9.17, 15) is 0 Å². The fourth-order valence-electron chi connectivity index (χ4n) is 3.03. The van der Waals surface area contributed by atoms with Crippen molar-refractivity contribution in [2.75, 3.05) is 35.0 Å². The molecule has 0 aliphatic rings. The van der Waals surface area contributed by atoms with E-state index in [0.717, 1.165) is 33.1 Å². The van der Waals surface area contributed by atoms with E-state index < -0.39 is 0 Å². The molecule has 0 aliphatic carbocycles. The molecule has 0 saturated heterocycles.